The average molecular weight is 243 g/mol. The third kappa shape index (κ3) is 7.27. The highest BCUT2D eigenvalue weighted by Crippen LogP contribution is 2.05. The standard InChI is InChI=1S/C5H5NOS.C4H4O4/c6-5(7)4-2-1-3-8-4;5-3(6)1-2-4(7)8/h1-3H,(H2,6,7);1-2H,(H,5,6)(H,7,8)/b;2-1+. The van der Waals surface area contributed by atoms with E-state index in [2.05, 4.69) is 0 Å². The first kappa shape index (κ1) is 13.8. The Bertz CT molecular complexity index is 380. The molecule has 4 N–H and O–H groups in total. The molecule has 16 heavy (non-hydrogen) atoms. The summed E-state index contributed by atoms with van der Waals surface area (Å²) in [4.78, 5) is 30.0. The van der Waals surface area contributed by atoms with E-state index in [1.807, 2.05) is 5.38 Å². The fraction of sp³-hybridized carbons (Fsp3) is 0. The molecule has 0 aliphatic carbocycles. The Morgan fingerprint density at radius 3 is 1.88 bits per heavy atom. The van der Waals surface area contributed by atoms with Crippen LogP contribution in [0.25, 0.3) is 0 Å². The molecule has 1 rings (SSSR count). The molecule has 0 atom stereocenters. The average Bonchev–Trinajstić information content (AvgIpc) is 2.68. The van der Waals surface area contributed by atoms with Gasteiger partial charge in [-0.2, -0.15) is 0 Å². The number of carboxylic acid groups (broad SMARTS) is 2. The molecule has 1 amide bonds. The summed E-state index contributed by atoms with van der Waals surface area (Å²) in [5.41, 5.74) is 4.93. The number of carbonyl (C=O) groups is 3. The van der Waals surface area contributed by atoms with Gasteiger partial charge in [0, 0.05) is 12.2 Å². The van der Waals surface area contributed by atoms with Gasteiger partial charge in [-0.3, -0.25) is 4.79 Å². The van der Waals surface area contributed by atoms with Gasteiger partial charge in [0.1, 0.15) is 0 Å². The van der Waals surface area contributed by atoms with E-state index >= 15 is 0 Å². The summed E-state index contributed by atoms with van der Waals surface area (Å²) in [7, 11) is 0. The zero-order valence-corrected chi connectivity index (χ0v) is 8.81. The zero-order chi connectivity index (χ0) is 12.6. The second-order valence-corrected chi connectivity index (χ2v) is 3.30. The molecule has 0 aromatic carbocycles. The van der Waals surface area contributed by atoms with Gasteiger partial charge >= 0.3 is 11.9 Å². The monoisotopic (exact) mass is 243 g/mol. The lowest BCUT2D eigenvalue weighted by Gasteiger charge is -1.80. The second-order valence-electron chi connectivity index (χ2n) is 2.35. The van der Waals surface area contributed by atoms with E-state index in [0.717, 1.165) is 0 Å². The Hall–Kier alpha value is -2.15. The minimum Gasteiger partial charge on any atom is -0.478 e. The van der Waals surface area contributed by atoms with Crippen LogP contribution in [0, 0.1) is 0 Å². The molecule has 0 aliphatic rings. The van der Waals surface area contributed by atoms with Crippen LogP contribution in [0.1, 0.15) is 9.67 Å². The number of hydrogen-bond donors (Lipinski definition) is 3. The van der Waals surface area contributed by atoms with Gasteiger partial charge < -0.3 is 15.9 Å². The Morgan fingerprint density at radius 2 is 1.69 bits per heavy atom. The van der Waals surface area contributed by atoms with E-state index in [-0.39, 0.29) is 5.91 Å². The molecule has 0 spiro atoms. The molecule has 0 aliphatic heterocycles. The highest BCUT2D eigenvalue weighted by molar-refractivity contribution is 7.12. The third-order valence-corrected chi connectivity index (χ3v) is 2.02. The van der Waals surface area contributed by atoms with Crippen LogP contribution in [-0.4, -0.2) is 28.1 Å². The molecule has 0 bridgehead atoms. The minimum atomic E-state index is -1.26. The van der Waals surface area contributed by atoms with Crippen LogP contribution in [0.4, 0.5) is 0 Å². The minimum absolute atomic E-state index is 0.347. The van der Waals surface area contributed by atoms with Crippen LogP contribution < -0.4 is 5.73 Å². The quantitative estimate of drug-likeness (QED) is 0.670. The maximum Gasteiger partial charge on any atom is 0.328 e. The van der Waals surface area contributed by atoms with Crippen molar-refractivity contribution in [1.29, 1.82) is 0 Å². The molecular formula is C9H9NO5S. The van der Waals surface area contributed by atoms with Crippen LogP contribution in [0.2, 0.25) is 0 Å². The first-order valence-corrected chi connectivity index (χ1v) is 4.78. The van der Waals surface area contributed by atoms with Crippen LogP contribution in [-0.2, 0) is 9.59 Å². The third-order valence-electron chi connectivity index (χ3n) is 1.13. The van der Waals surface area contributed by atoms with Gasteiger partial charge in [-0.25, -0.2) is 9.59 Å². The summed E-state index contributed by atoms with van der Waals surface area (Å²) in [6.45, 7) is 0. The molecule has 7 heteroatoms. The van der Waals surface area contributed by atoms with E-state index in [4.69, 9.17) is 15.9 Å². The van der Waals surface area contributed by atoms with Gasteiger partial charge in [0.25, 0.3) is 5.91 Å². The lowest BCUT2D eigenvalue weighted by atomic mass is 10.5. The summed E-state index contributed by atoms with van der Waals surface area (Å²) in [6, 6.07) is 3.50. The van der Waals surface area contributed by atoms with E-state index in [1.165, 1.54) is 11.3 Å². The van der Waals surface area contributed by atoms with Crippen molar-refractivity contribution in [3.8, 4) is 0 Å². The van der Waals surface area contributed by atoms with E-state index in [0.29, 0.717) is 17.0 Å². The molecular weight excluding hydrogens is 234 g/mol. The number of thiophene rings is 1. The zero-order valence-electron chi connectivity index (χ0n) is 7.99. The molecule has 0 unspecified atom stereocenters. The highest BCUT2D eigenvalue weighted by atomic mass is 32.1. The van der Waals surface area contributed by atoms with E-state index in [9.17, 15) is 14.4 Å². The fourth-order valence-electron chi connectivity index (χ4n) is 0.561. The molecule has 0 fully saturated rings. The van der Waals surface area contributed by atoms with Gasteiger partial charge in [0.05, 0.1) is 4.88 Å². The van der Waals surface area contributed by atoms with Crippen molar-refractivity contribution in [2.24, 2.45) is 5.73 Å². The van der Waals surface area contributed by atoms with Crippen LogP contribution in [0.5, 0.6) is 0 Å². The Labute approximate surface area is 94.6 Å². The maximum absolute atomic E-state index is 10.3. The number of carboxylic acids is 2. The predicted molar refractivity (Wildman–Crippen MR) is 57.2 cm³/mol. The first-order chi connectivity index (χ1) is 7.43. The number of amides is 1. The predicted octanol–water partition coefficient (Wildman–Crippen LogP) is 0.559. The molecule has 0 saturated heterocycles. The topological polar surface area (TPSA) is 118 Å². The first-order valence-electron chi connectivity index (χ1n) is 3.90. The summed E-state index contributed by atoms with van der Waals surface area (Å²) >= 11 is 1.36. The number of carbonyl (C=O) groups excluding carboxylic acids is 1. The number of aliphatic carboxylic acids is 2. The fourth-order valence-corrected chi connectivity index (χ4v) is 1.14. The van der Waals surface area contributed by atoms with Crippen molar-refractivity contribution in [3.05, 3.63) is 34.5 Å². The van der Waals surface area contributed by atoms with Crippen molar-refractivity contribution in [1.82, 2.24) is 0 Å². The SMILES string of the molecule is NC(=O)c1cccs1.O=C(O)/C=C/C(=O)O. The van der Waals surface area contributed by atoms with Gasteiger partial charge in [0.2, 0.25) is 0 Å². The molecule has 1 aromatic rings. The Morgan fingerprint density at radius 1 is 1.19 bits per heavy atom. The van der Waals surface area contributed by atoms with Gasteiger partial charge in [-0.1, -0.05) is 6.07 Å². The molecule has 1 aromatic heterocycles. The van der Waals surface area contributed by atoms with Crippen LogP contribution >= 0.6 is 11.3 Å². The molecule has 6 nitrogen and oxygen atoms in total. The molecule has 86 valence electrons. The number of nitrogens with two attached hydrogens (primary N) is 1. The highest BCUT2D eigenvalue weighted by Gasteiger charge is 1.96. The number of primary amides is 1. The molecule has 0 radical (unpaired) electrons. The number of rotatable bonds is 3. The van der Waals surface area contributed by atoms with Crippen molar-refractivity contribution in [2.75, 3.05) is 0 Å². The Kier molecular flexibility index (Phi) is 6.22. The van der Waals surface area contributed by atoms with Gasteiger partial charge in [-0.15, -0.1) is 11.3 Å². The normalized spacial score (nSPS) is 9.25. The maximum atomic E-state index is 10.3. The van der Waals surface area contributed by atoms with Crippen molar-refractivity contribution < 1.29 is 24.6 Å². The second kappa shape index (κ2) is 7.18. The summed E-state index contributed by atoms with van der Waals surface area (Å²) in [5, 5.41) is 17.4. The lowest BCUT2D eigenvalue weighted by molar-refractivity contribution is -0.134. The van der Waals surface area contributed by atoms with E-state index in [1.54, 1.807) is 12.1 Å². The van der Waals surface area contributed by atoms with Gasteiger partial charge in [0.15, 0.2) is 0 Å². The van der Waals surface area contributed by atoms with Crippen molar-refractivity contribution in [2.45, 2.75) is 0 Å². The summed E-state index contributed by atoms with van der Waals surface area (Å²) in [6.07, 6.45) is 1.12. The van der Waals surface area contributed by atoms with Gasteiger partial charge in [-0.05, 0) is 11.4 Å². The summed E-state index contributed by atoms with van der Waals surface area (Å²) < 4.78 is 0. The smallest absolute Gasteiger partial charge is 0.328 e. The van der Waals surface area contributed by atoms with Crippen LogP contribution in [0.15, 0.2) is 29.7 Å². The summed E-state index contributed by atoms with van der Waals surface area (Å²) in [5.74, 6) is -2.86. The largest absolute Gasteiger partial charge is 0.478 e. The molecule has 1 heterocycles. The Balaban J connectivity index is 0.000000281. The lowest BCUT2D eigenvalue weighted by Crippen LogP contribution is -2.07. The van der Waals surface area contributed by atoms with Crippen molar-refractivity contribution >= 4 is 29.2 Å². The van der Waals surface area contributed by atoms with Crippen LogP contribution in [0.3, 0.4) is 0 Å². The molecule has 0 saturated carbocycles. The van der Waals surface area contributed by atoms with Crippen molar-refractivity contribution in [3.63, 3.8) is 0 Å². The van der Waals surface area contributed by atoms with E-state index < -0.39 is 11.9 Å². The number of hydrogen-bond acceptors (Lipinski definition) is 4.